The zero-order valence-electron chi connectivity index (χ0n) is 17.9. The summed E-state index contributed by atoms with van der Waals surface area (Å²) < 4.78 is 5.43. The second-order valence-electron chi connectivity index (χ2n) is 8.46. The molecular weight excluding hydrogens is 376 g/mol. The Morgan fingerprint density at radius 1 is 0.800 bits per heavy atom. The van der Waals surface area contributed by atoms with Crippen LogP contribution in [0.3, 0.4) is 0 Å². The third kappa shape index (κ3) is 5.86. The molecule has 1 aromatic heterocycles. The van der Waals surface area contributed by atoms with Crippen molar-refractivity contribution >= 4 is 6.03 Å². The summed E-state index contributed by atoms with van der Waals surface area (Å²) in [5.74, 6) is 0.980. The van der Waals surface area contributed by atoms with E-state index in [1.54, 1.807) is 6.26 Å². The van der Waals surface area contributed by atoms with Crippen molar-refractivity contribution in [2.45, 2.75) is 45.3 Å². The first-order chi connectivity index (χ1) is 14.8. The zero-order chi connectivity index (χ0) is 20.6. The van der Waals surface area contributed by atoms with Gasteiger partial charge in [-0.05, 0) is 49.2 Å². The first kappa shape index (κ1) is 20.9. The number of likely N-dealkylation sites (tertiary alicyclic amines) is 1. The average molecular weight is 411 g/mol. The molecule has 0 bridgehead atoms. The van der Waals surface area contributed by atoms with Gasteiger partial charge in [-0.15, -0.1) is 0 Å². The summed E-state index contributed by atoms with van der Waals surface area (Å²) in [7, 11) is 0. The number of carbonyl (C=O) groups excluding carboxylic acids is 1. The monoisotopic (exact) mass is 410 g/mol. The van der Waals surface area contributed by atoms with E-state index >= 15 is 0 Å². The predicted octanol–water partition coefficient (Wildman–Crippen LogP) is 3.68. The molecule has 2 aliphatic rings. The van der Waals surface area contributed by atoms with Crippen LogP contribution in [0.15, 0.2) is 47.1 Å². The molecule has 3 heterocycles. The van der Waals surface area contributed by atoms with Crippen LogP contribution in [0.4, 0.5) is 4.79 Å². The van der Waals surface area contributed by atoms with Crippen LogP contribution in [-0.4, -0.2) is 60.0 Å². The van der Waals surface area contributed by atoms with Crippen molar-refractivity contribution in [1.82, 2.24) is 20.0 Å². The van der Waals surface area contributed by atoms with Crippen LogP contribution in [0, 0.1) is 0 Å². The molecule has 0 unspecified atom stereocenters. The highest BCUT2D eigenvalue weighted by Gasteiger charge is 2.21. The van der Waals surface area contributed by atoms with E-state index in [9.17, 15) is 4.79 Å². The normalized spacial score (nSPS) is 18.9. The SMILES string of the molecule is O=C(NCc1ccccc1CN1CCCCCC1)N1CCN(Cc2ccco2)CC1. The molecule has 0 spiro atoms. The second kappa shape index (κ2) is 10.6. The highest BCUT2D eigenvalue weighted by atomic mass is 16.3. The average Bonchev–Trinajstić information content (AvgIpc) is 3.15. The highest BCUT2D eigenvalue weighted by molar-refractivity contribution is 5.74. The number of rotatable bonds is 6. The number of piperazine rings is 1. The summed E-state index contributed by atoms with van der Waals surface area (Å²) in [4.78, 5) is 19.5. The summed E-state index contributed by atoms with van der Waals surface area (Å²) in [6, 6.07) is 12.5. The third-order valence-corrected chi connectivity index (χ3v) is 6.26. The van der Waals surface area contributed by atoms with Crippen molar-refractivity contribution in [2.75, 3.05) is 39.3 Å². The van der Waals surface area contributed by atoms with Gasteiger partial charge in [0.15, 0.2) is 0 Å². The molecular formula is C24H34N4O2. The van der Waals surface area contributed by atoms with Crippen molar-refractivity contribution in [1.29, 1.82) is 0 Å². The zero-order valence-corrected chi connectivity index (χ0v) is 17.9. The smallest absolute Gasteiger partial charge is 0.317 e. The van der Waals surface area contributed by atoms with Gasteiger partial charge >= 0.3 is 6.03 Å². The number of furan rings is 1. The van der Waals surface area contributed by atoms with E-state index < -0.39 is 0 Å². The van der Waals surface area contributed by atoms with Gasteiger partial charge in [-0.3, -0.25) is 9.80 Å². The Hall–Kier alpha value is -2.31. The molecule has 162 valence electrons. The number of carbonyl (C=O) groups is 1. The molecule has 0 saturated carbocycles. The number of hydrogen-bond acceptors (Lipinski definition) is 4. The molecule has 6 nitrogen and oxygen atoms in total. The van der Waals surface area contributed by atoms with E-state index in [0.29, 0.717) is 6.54 Å². The number of benzene rings is 1. The van der Waals surface area contributed by atoms with Crippen molar-refractivity contribution in [3.05, 3.63) is 59.5 Å². The quantitative estimate of drug-likeness (QED) is 0.789. The van der Waals surface area contributed by atoms with Crippen LogP contribution >= 0.6 is 0 Å². The second-order valence-corrected chi connectivity index (χ2v) is 8.46. The molecule has 0 aliphatic carbocycles. The Bertz CT molecular complexity index is 776. The Balaban J connectivity index is 1.25. The van der Waals surface area contributed by atoms with Crippen LogP contribution in [0.1, 0.15) is 42.6 Å². The fourth-order valence-corrected chi connectivity index (χ4v) is 4.43. The van der Waals surface area contributed by atoms with Crippen LogP contribution < -0.4 is 5.32 Å². The number of hydrogen-bond donors (Lipinski definition) is 1. The number of nitrogens with one attached hydrogen (secondary N) is 1. The molecule has 2 saturated heterocycles. The van der Waals surface area contributed by atoms with Crippen LogP contribution in [0.2, 0.25) is 0 Å². The van der Waals surface area contributed by atoms with Crippen molar-refractivity contribution < 1.29 is 9.21 Å². The minimum Gasteiger partial charge on any atom is -0.468 e. The van der Waals surface area contributed by atoms with Gasteiger partial charge in [0.2, 0.25) is 0 Å². The first-order valence-corrected chi connectivity index (χ1v) is 11.3. The largest absolute Gasteiger partial charge is 0.468 e. The Morgan fingerprint density at radius 3 is 2.20 bits per heavy atom. The van der Waals surface area contributed by atoms with Gasteiger partial charge < -0.3 is 14.6 Å². The van der Waals surface area contributed by atoms with Gasteiger partial charge in [0.05, 0.1) is 12.8 Å². The van der Waals surface area contributed by atoms with Gasteiger partial charge in [-0.2, -0.15) is 0 Å². The van der Waals surface area contributed by atoms with E-state index in [1.165, 1.54) is 49.9 Å². The maximum Gasteiger partial charge on any atom is 0.317 e. The van der Waals surface area contributed by atoms with Crippen LogP contribution in [0.25, 0.3) is 0 Å². The summed E-state index contributed by atoms with van der Waals surface area (Å²) >= 11 is 0. The summed E-state index contributed by atoms with van der Waals surface area (Å²) in [5, 5.41) is 3.15. The Morgan fingerprint density at radius 2 is 1.50 bits per heavy atom. The minimum absolute atomic E-state index is 0.0391. The lowest BCUT2D eigenvalue weighted by Gasteiger charge is -2.34. The first-order valence-electron chi connectivity index (χ1n) is 11.3. The lowest BCUT2D eigenvalue weighted by atomic mass is 10.1. The maximum absolute atomic E-state index is 12.7. The Kier molecular flexibility index (Phi) is 7.43. The number of amides is 2. The number of nitrogens with zero attached hydrogens (tertiary/aromatic N) is 3. The molecule has 0 radical (unpaired) electrons. The molecule has 2 aliphatic heterocycles. The standard InChI is InChI=1S/C24H34N4O2/c29-24(28-15-13-27(14-16-28)20-23-10-7-17-30-23)25-18-21-8-3-4-9-22(21)19-26-11-5-1-2-6-12-26/h3-4,7-10,17H,1-2,5-6,11-16,18-20H2,(H,25,29). The van der Waals surface area contributed by atoms with Crippen LogP contribution in [0.5, 0.6) is 0 Å². The van der Waals surface area contributed by atoms with Crippen molar-refractivity contribution in [2.24, 2.45) is 0 Å². The van der Waals surface area contributed by atoms with Gasteiger partial charge in [-0.1, -0.05) is 37.1 Å². The van der Waals surface area contributed by atoms with Crippen LogP contribution in [-0.2, 0) is 19.6 Å². The molecule has 0 atom stereocenters. The van der Waals surface area contributed by atoms with E-state index in [4.69, 9.17) is 4.42 Å². The fraction of sp³-hybridized carbons (Fsp3) is 0.542. The van der Waals surface area contributed by atoms with Gasteiger partial charge in [-0.25, -0.2) is 4.79 Å². The lowest BCUT2D eigenvalue weighted by molar-refractivity contribution is 0.130. The van der Waals surface area contributed by atoms with Gasteiger partial charge in [0, 0.05) is 39.3 Å². The molecule has 6 heteroatoms. The molecule has 2 amide bonds. The fourth-order valence-electron chi connectivity index (χ4n) is 4.43. The molecule has 1 N–H and O–H groups in total. The van der Waals surface area contributed by atoms with E-state index in [2.05, 4.69) is 39.4 Å². The molecule has 1 aromatic carbocycles. The van der Waals surface area contributed by atoms with E-state index in [0.717, 1.165) is 45.0 Å². The van der Waals surface area contributed by atoms with Crippen molar-refractivity contribution in [3.8, 4) is 0 Å². The molecule has 4 rings (SSSR count). The number of urea groups is 1. The van der Waals surface area contributed by atoms with E-state index in [-0.39, 0.29) is 6.03 Å². The van der Waals surface area contributed by atoms with Gasteiger partial charge in [0.25, 0.3) is 0 Å². The van der Waals surface area contributed by atoms with Gasteiger partial charge in [0.1, 0.15) is 5.76 Å². The summed E-state index contributed by atoms with van der Waals surface area (Å²) in [6.45, 7) is 8.01. The van der Waals surface area contributed by atoms with E-state index in [1.807, 2.05) is 17.0 Å². The molecule has 30 heavy (non-hydrogen) atoms. The summed E-state index contributed by atoms with van der Waals surface area (Å²) in [6.07, 6.45) is 7.01. The minimum atomic E-state index is 0.0391. The third-order valence-electron chi connectivity index (χ3n) is 6.26. The van der Waals surface area contributed by atoms with Crippen molar-refractivity contribution in [3.63, 3.8) is 0 Å². The topological polar surface area (TPSA) is 52.0 Å². The Labute approximate surface area is 179 Å². The highest BCUT2D eigenvalue weighted by Crippen LogP contribution is 2.16. The predicted molar refractivity (Wildman–Crippen MR) is 118 cm³/mol. The molecule has 2 aromatic rings. The lowest BCUT2D eigenvalue weighted by Crippen LogP contribution is -2.51. The maximum atomic E-state index is 12.7. The molecule has 2 fully saturated rings. The summed E-state index contributed by atoms with van der Waals surface area (Å²) in [5.41, 5.74) is 2.56.